The van der Waals surface area contributed by atoms with Gasteiger partial charge in [0.25, 0.3) is 5.91 Å². The number of nitrogens with zero attached hydrogens (tertiary/aromatic N) is 1. The van der Waals surface area contributed by atoms with Crippen LogP contribution in [-0.2, 0) is 10.0 Å². The van der Waals surface area contributed by atoms with E-state index in [0.29, 0.717) is 0 Å². The highest BCUT2D eigenvalue weighted by atomic mass is 32.2. The number of rotatable bonds is 6. The summed E-state index contributed by atoms with van der Waals surface area (Å²) in [5.74, 6) is -0.583. The topological polar surface area (TPSA) is 110 Å². The summed E-state index contributed by atoms with van der Waals surface area (Å²) in [7, 11) is -1.14. The zero-order valence-electron chi connectivity index (χ0n) is 12.5. The minimum absolute atomic E-state index is 0.0183. The first-order valence-electron chi connectivity index (χ1n) is 6.15. The molecular formula is C13H20N2O5S. The zero-order valence-corrected chi connectivity index (χ0v) is 13.3. The second kappa shape index (κ2) is 6.00. The molecule has 0 spiro atoms. The molecule has 0 bridgehead atoms. The molecule has 1 rings (SSSR count). The molecular weight excluding hydrogens is 296 g/mol. The first-order chi connectivity index (χ1) is 9.49. The SMILES string of the molecule is COc1ccc(S(=O)(=O)N(C)CC(C)(C)O)cc1C(N)=O. The summed E-state index contributed by atoms with van der Waals surface area (Å²) in [5, 5.41) is 9.72. The standard InChI is InChI=1S/C13H20N2O5S/c1-13(2,17)8-15(3)21(18,19)9-5-6-11(20-4)10(7-9)12(14)16/h5-7,17H,8H2,1-4H3,(H2,14,16). The van der Waals surface area contributed by atoms with Crippen molar-refractivity contribution in [3.63, 3.8) is 0 Å². The van der Waals surface area contributed by atoms with Crippen LogP contribution in [0, 0.1) is 0 Å². The van der Waals surface area contributed by atoms with Gasteiger partial charge in [0, 0.05) is 13.6 Å². The minimum Gasteiger partial charge on any atom is -0.496 e. The maximum Gasteiger partial charge on any atom is 0.252 e. The van der Waals surface area contributed by atoms with Crippen molar-refractivity contribution in [2.45, 2.75) is 24.3 Å². The van der Waals surface area contributed by atoms with Crippen molar-refractivity contribution in [1.82, 2.24) is 4.31 Å². The summed E-state index contributed by atoms with van der Waals surface area (Å²) in [6, 6.07) is 3.85. The van der Waals surface area contributed by atoms with Crippen LogP contribution in [0.1, 0.15) is 24.2 Å². The fraction of sp³-hybridized carbons (Fsp3) is 0.462. The number of nitrogens with two attached hydrogens (primary N) is 1. The Morgan fingerprint density at radius 2 is 2.00 bits per heavy atom. The number of benzene rings is 1. The Hall–Kier alpha value is -1.64. The number of primary amides is 1. The molecule has 0 aliphatic carbocycles. The molecule has 3 N–H and O–H groups in total. The molecule has 0 aliphatic heterocycles. The highest BCUT2D eigenvalue weighted by molar-refractivity contribution is 7.89. The van der Waals surface area contributed by atoms with Crippen molar-refractivity contribution >= 4 is 15.9 Å². The molecule has 0 radical (unpaired) electrons. The first-order valence-corrected chi connectivity index (χ1v) is 7.59. The Labute approximate surface area is 124 Å². The van der Waals surface area contributed by atoms with Crippen LogP contribution in [-0.4, -0.2) is 50.0 Å². The van der Waals surface area contributed by atoms with Gasteiger partial charge in [0.1, 0.15) is 5.75 Å². The van der Waals surface area contributed by atoms with Crippen LogP contribution in [0.5, 0.6) is 5.75 Å². The lowest BCUT2D eigenvalue weighted by Crippen LogP contribution is -2.39. The number of carbonyl (C=O) groups is 1. The van der Waals surface area contributed by atoms with Crippen molar-refractivity contribution in [3.8, 4) is 5.75 Å². The van der Waals surface area contributed by atoms with Gasteiger partial charge in [-0.05, 0) is 32.0 Å². The second-order valence-electron chi connectivity index (χ2n) is 5.30. The van der Waals surface area contributed by atoms with E-state index in [9.17, 15) is 18.3 Å². The molecule has 118 valence electrons. The molecule has 21 heavy (non-hydrogen) atoms. The van der Waals surface area contributed by atoms with Gasteiger partial charge in [-0.3, -0.25) is 4.79 Å². The van der Waals surface area contributed by atoms with Crippen molar-refractivity contribution in [3.05, 3.63) is 23.8 Å². The van der Waals surface area contributed by atoms with Gasteiger partial charge in [-0.2, -0.15) is 4.31 Å². The molecule has 1 aromatic rings. The molecule has 0 saturated carbocycles. The summed E-state index contributed by atoms with van der Waals surface area (Å²) in [4.78, 5) is 11.3. The molecule has 0 unspecified atom stereocenters. The molecule has 0 fully saturated rings. The number of aliphatic hydroxyl groups is 1. The van der Waals surface area contributed by atoms with Crippen LogP contribution < -0.4 is 10.5 Å². The maximum atomic E-state index is 12.4. The van der Waals surface area contributed by atoms with Crippen LogP contribution >= 0.6 is 0 Å². The quantitative estimate of drug-likeness (QED) is 0.778. The number of amides is 1. The largest absolute Gasteiger partial charge is 0.496 e. The summed E-state index contributed by atoms with van der Waals surface area (Å²) in [5.41, 5.74) is 4.01. The Morgan fingerprint density at radius 3 is 2.43 bits per heavy atom. The number of methoxy groups -OCH3 is 1. The summed E-state index contributed by atoms with van der Waals surface area (Å²) >= 11 is 0. The van der Waals surface area contributed by atoms with Gasteiger partial charge in [0.15, 0.2) is 0 Å². The van der Waals surface area contributed by atoms with E-state index in [2.05, 4.69) is 0 Å². The molecule has 1 amide bonds. The van der Waals surface area contributed by atoms with E-state index in [0.717, 1.165) is 10.4 Å². The maximum absolute atomic E-state index is 12.4. The zero-order chi connectivity index (χ0) is 16.4. The van der Waals surface area contributed by atoms with Gasteiger partial charge < -0.3 is 15.6 Å². The van der Waals surface area contributed by atoms with E-state index >= 15 is 0 Å². The third-order valence-corrected chi connectivity index (χ3v) is 4.55. The van der Waals surface area contributed by atoms with Gasteiger partial charge in [0.2, 0.25) is 10.0 Å². The van der Waals surface area contributed by atoms with Crippen LogP contribution in [0.15, 0.2) is 23.1 Å². The summed E-state index contributed by atoms with van der Waals surface area (Å²) in [6.07, 6.45) is 0. The Morgan fingerprint density at radius 1 is 1.43 bits per heavy atom. The van der Waals surface area contributed by atoms with Crippen molar-refractivity contribution in [1.29, 1.82) is 0 Å². The highest BCUT2D eigenvalue weighted by Gasteiger charge is 2.27. The smallest absolute Gasteiger partial charge is 0.252 e. The molecule has 0 aromatic heterocycles. The van der Waals surface area contributed by atoms with E-state index in [1.807, 2.05) is 0 Å². The van der Waals surface area contributed by atoms with E-state index in [1.165, 1.54) is 40.1 Å². The number of sulfonamides is 1. The monoisotopic (exact) mass is 316 g/mol. The average Bonchev–Trinajstić information content (AvgIpc) is 2.35. The van der Waals surface area contributed by atoms with Crippen molar-refractivity contribution < 1.29 is 23.1 Å². The van der Waals surface area contributed by atoms with Crippen molar-refractivity contribution in [2.75, 3.05) is 20.7 Å². The van der Waals surface area contributed by atoms with Gasteiger partial charge in [0.05, 0.1) is 23.2 Å². The Bertz CT molecular complexity index is 634. The lowest BCUT2D eigenvalue weighted by molar-refractivity contribution is 0.0639. The van der Waals surface area contributed by atoms with E-state index in [-0.39, 0.29) is 22.8 Å². The number of likely N-dealkylation sites (N-methyl/N-ethyl adjacent to an activating group) is 1. The lowest BCUT2D eigenvalue weighted by atomic mass is 10.1. The Kier molecular flexibility index (Phi) is 4.98. The van der Waals surface area contributed by atoms with Crippen LogP contribution in [0.25, 0.3) is 0 Å². The van der Waals surface area contributed by atoms with Gasteiger partial charge >= 0.3 is 0 Å². The number of ether oxygens (including phenoxy) is 1. The van der Waals surface area contributed by atoms with E-state index in [1.54, 1.807) is 0 Å². The average molecular weight is 316 g/mol. The van der Waals surface area contributed by atoms with Gasteiger partial charge in [-0.25, -0.2) is 8.42 Å². The molecule has 0 atom stereocenters. The molecule has 1 aromatic carbocycles. The first kappa shape index (κ1) is 17.4. The number of carbonyl (C=O) groups excluding carboxylic acids is 1. The summed E-state index contributed by atoms with van der Waals surface area (Å²) in [6.45, 7) is 2.91. The molecule has 0 heterocycles. The normalized spacial score (nSPS) is 12.5. The van der Waals surface area contributed by atoms with Gasteiger partial charge in [-0.1, -0.05) is 0 Å². The fourth-order valence-electron chi connectivity index (χ4n) is 1.85. The van der Waals surface area contributed by atoms with Crippen LogP contribution in [0.3, 0.4) is 0 Å². The third kappa shape index (κ3) is 4.16. The van der Waals surface area contributed by atoms with E-state index in [4.69, 9.17) is 10.5 Å². The highest BCUT2D eigenvalue weighted by Crippen LogP contribution is 2.24. The molecule has 8 heteroatoms. The number of hydrogen-bond donors (Lipinski definition) is 2. The predicted molar refractivity (Wildman–Crippen MR) is 77.6 cm³/mol. The van der Waals surface area contributed by atoms with E-state index < -0.39 is 21.5 Å². The number of hydrogen-bond acceptors (Lipinski definition) is 5. The van der Waals surface area contributed by atoms with Crippen molar-refractivity contribution in [2.24, 2.45) is 5.73 Å². The minimum atomic E-state index is -3.84. The molecule has 0 saturated heterocycles. The summed E-state index contributed by atoms with van der Waals surface area (Å²) < 4.78 is 30.8. The molecule has 7 nitrogen and oxygen atoms in total. The van der Waals surface area contributed by atoms with Gasteiger partial charge in [-0.15, -0.1) is 0 Å². The van der Waals surface area contributed by atoms with Crippen LogP contribution in [0.4, 0.5) is 0 Å². The molecule has 0 aliphatic rings. The van der Waals surface area contributed by atoms with Crippen LogP contribution in [0.2, 0.25) is 0 Å². The fourth-order valence-corrected chi connectivity index (χ4v) is 3.20. The second-order valence-corrected chi connectivity index (χ2v) is 7.34. The third-order valence-electron chi connectivity index (χ3n) is 2.75. The Balaban J connectivity index is 3.26. The predicted octanol–water partition coefficient (Wildman–Crippen LogP) is 0.185. The lowest BCUT2D eigenvalue weighted by Gasteiger charge is -2.25.